The van der Waals surface area contributed by atoms with Crippen molar-refractivity contribution in [3.8, 4) is 78.9 Å². The van der Waals surface area contributed by atoms with Crippen molar-refractivity contribution in [3.05, 3.63) is 306 Å². The van der Waals surface area contributed by atoms with Crippen molar-refractivity contribution >= 4 is 32.8 Å². The van der Waals surface area contributed by atoms with E-state index in [2.05, 4.69) is 284 Å². The highest BCUT2D eigenvalue weighted by molar-refractivity contribution is 6.11. The van der Waals surface area contributed by atoms with Crippen molar-refractivity contribution in [3.63, 3.8) is 0 Å². The average molecular weight is 1020 g/mol. The summed E-state index contributed by atoms with van der Waals surface area (Å²) >= 11 is 0. The number of fused-ring (bicyclic) bond motifs is 17. The maximum Gasteiger partial charge on any atom is 0.235 e. The number of hydrogen-bond donors (Lipinski definition) is 0. The van der Waals surface area contributed by atoms with Crippen LogP contribution in [0.2, 0.25) is 0 Å². The van der Waals surface area contributed by atoms with Gasteiger partial charge in [0.15, 0.2) is 0 Å². The maximum atomic E-state index is 5.19. The molecule has 80 heavy (non-hydrogen) atoms. The first-order valence-corrected chi connectivity index (χ1v) is 27.6. The van der Waals surface area contributed by atoms with E-state index in [9.17, 15) is 0 Å². The van der Waals surface area contributed by atoms with Crippen molar-refractivity contribution in [2.75, 3.05) is 0 Å². The van der Waals surface area contributed by atoms with Gasteiger partial charge in [-0.1, -0.05) is 238 Å². The minimum absolute atomic E-state index is 0.0939. The van der Waals surface area contributed by atoms with Gasteiger partial charge < -0.3 is 0 Å². The highest BCUT2D eigenvalue weighted by Crippen LogP contribution is 2.63. The molecule has 14 aromatic rings. The van der Waals surface area contributed by atoms with Gasteiger partial charge in [0, 0.05) is 38.6 Å². The summed E-state index contributed by atoms with van der Waals surface area (Å²) < 4.78 is 4.58. The van der Waals surface area contributed by atoms with Gasteiger partial charge in [-0.25, -0.2) is 15.0 Å². The van der Waals surface area contributed by atoms with Crippen LogP contribution in [0.4, 0.5) is 0 Å². The molecule has 5 heteroatoms. The Bertz CT molecular complexity index is 4670. The third-order valence-electron chi connectivity index (χ3n) is 17.3. The van der Waals surface area contributed by atoms with Crippen LogP contribution in [0.3, 0.4) is 0 Å². The predicted octanol–water partition coefficient (Wildman–Crippen LogP) is 18.2. The lowest BCUT2D eigenvalue weighted by Crippen LogP contribution is -2.26. The van der Waals surface area contributed by atoms with Gasteiger partial charge in [0.05, 0.1) is 38.9 Å². The SMILES string of the molecule is CC1(C)c2ccccc2-c2cc3c4ccccc4n(-c4nc(-c5ccccc5)cc(-c5ccccc5)n4)c3cc21.c1ccc(-c2nc3ccccc3n2-c2ccc3c(c2)C2(c4ccccc4-c4ccccc42)c2ccccc2-3)cc1. The lowest BCUT2D eigenvalue weighted by Gasteiger charge is -2.30. The van der Waals surface area contributed by atoms with Gasteiger partial charge in [0.25, 0.3) is 0 Å². The minimum Gasteiger partial charge on any atom is -0.292 e. The molecule has 0 fully saturated rings. The second-order valence-electron chi connectivity index (χ2n) is 21.9. The highest BCUT2D eigenvalue weighted by Gasteiger charge is 2.51. The molecule has 3 aliphatic carbocycles. The number of hydrogen-bond acceptors (Lipinski definition) is 3. The number of benzene rings is 11. The summed E-state index contributed by atoms with van der Waals surface area (Å²) in [5.74, 6) is 1.64. The molecular weight excluding hydrogens is 971 g/mol. The summed E-state index contributed by atoms with van der Waals surface area (Å²) in [4.78, 5) is 15.5. The number of nitrogens with zero attached hydrogens (tertiary/aromatic N) is 5. The van der Waals surface area contributed by atoms with Gasteiger partial charge in [0.1, 0.15) is 5.82 Å². The van der Waals surface area contributed by atoms with Gasteiger partial charge in [0.2, 0.25) is 5.95 Å². The van der Waals surface area contributed by atoms with E-state index in [1.54, 1.807) is 0 Å². The number of aromatic nitrogens is 5. The van der Waals surface area contributed by atoms with E-state index in [-0.39, 0.29) is 10.8 Å². The molecule has 0 saturated carbocycles. The van der Waals surface area contributed by atoms with Crippen LogP contribution in [-0.4, -0.2) is 24.1 Å². The first-order chi connectivity index (χ1) is 39.4. The zero-order valence-electron chi connectivity index (χ0n) is 44.2. The molecule has 17 rings (SSSR count). The summed E-state index contributed by atoms with van der Waals surface area (Å²) in [5.41, 5.74) is 26.1. The van der Waals surface area contributed by atoms with Crippen LogP contribution < -0.4 is 0 Å². The smallest absolute Gasteiger partial charge is 0.235 e. The van der Waals surface area contributed by atoms with Crippen LogP contribution >= 0.6 is 0 Å². The Labute approximate surface area is 464 Å². The number of imidazole rings is 1. The quantitative estimate of drug-likeness (QED) is 0.173. The number of rotatable bonds is 5. The molecule has 1 spiro atoms. The Morgan fingerprint density at radius 3 is 1.38 bits per heavy atom. The van der Waals surface area contributed by atoms with E-state index in [4.69, 9.17) is 15.0 Å². The van der Waals surface area contributed by atoms with Crippen molar-refractivity contribution in [1.82, 2.24) is 24.1 Å². The monoisotopic (exact) mass is 1020 g/mol. The van der Waals surface area contributed by atoms with Crippen LogP contribution in [0.15, 0.2) is 273 Å². The Morgan fingerprint density at radius 2 is 0.775 bits per heavy atom. The third kappa shape index (κ3) is 6.67. The molecule has 0 unspecified atom stereocenters. The molecule has 0 saturated heterocycles. The van der Waals surface area contributed by atoms with Crippen LogP contribution in [0.25, 0.3) is 112 Å². The first kappa shape index (κ1) is 45.9. The molecule has 0 radical (unpaired) electrons. The normalized spacial score (nSPS) is 13.6. The molecule has 11 aromatic carbocycles. The van der Waals surface area contributed by atoms with Gasteiger partial charge >= 0.3 is 0 Å². The van der Waals surface area contributed by atoms with Crippen LogP contribution in [0, 0.1) is 0 Å². The standard InChI is InChI=1S/C38H24N2.C37H27N3/c1-2-12-25(13-3-1)37-39-35-20-10-11-21-36(35)40(37)26-22-23-30-29-16-6-9-19-33(29)38(34(30)24-26)31-17-7-4-14-27(31)28-15-5-8-18-32(28)38;1-37(2)30-19-11-9-17-26(30)28-21-29-27-18-10-12-20-34(27)40(35(29)22-31(28)37)36-38-32(24-13-5-3-6-14-24)23-33(39-36)25-15-7-4-8-16-25/h1-24H;3-23H,1-2H3. The summed E-state index contributed by atoms with van der Waals surface area (Å²) in [6, 6.07) is 97.9. The van der Waals surface area contributed by atoms with E-state index < -0.39 is 0 Å². The van der Waals surface area contributed by atoms with E-state index in [1.807, 2.05) is 12.1 Å². The summed E-state index contributed by atoms with van der Waals surface area (Å²) in [5, 5.41) is 2.43. The molecule has 3 heterocycles. The summed E-state index contributed by atoms with van der Waals surface area (Å²) in [6.07, 6.45) is 0. The Kier molecular flexibility index (Phi) is 10.1. The molecule has 0 bridgehead atoms. The van der Waals surface area contributed by atoms with Gasteiger partial charge in [-0.15, -0.1) is 0 Å². The average Bonchev–Trinajstić information content (AvgIpc) is 4.44. The Morgan fingerprint density at radius 1 is 0.300 bits per heavy atom. The molecule has 376 valence electrons. The van der Waals surface area contributed by atoms with E-state index in [0.717, 1.165) is 61.7 Å². The molecular formula is C75H51N5. The van der Waals surface area contributed by atoms with E-state index >= 15 is 0 Å². The first-order valence-electron chi connectivity index (χ1n) is 27.6. The minimum atomic E-state index is -0.363. The van der Waals surface area contributed by atoms with Crippen molar-refractivity contribution in [1.29, 1.82) is 0 Å². The Hall–Kier alpha value is -10.2. The molecule has 0 atom stereocenters. The fourth-order valence-corrected chi connectivity index (χ4v) is 13.7. The molecule has 0 aliphatic heterocycles. The third-order valence-corrected chi connectivity index (χ3v) is 17.3. The lowest BCUT2D eigenvalue weighted by molar-refractivity contribution is 0.661. The van der Waals surface area contributed by atoms with Gasteiger partial charge in [-0.2, -0.15) is 0 Å². The fraction of sp³-hybridized carbons (Fsp3) is 0.0533. The van der Waals surface area contributed by atoms with Crippen LogP contribution in [0.5, 0.6) is 0 Å². The van der Waals surface area contributed by atoms with Crippen molar-refractivity contribution < 1.29 is 0 Å². The molecule has 5 nitrogen and oxygen atoms in total. The Balaban J connectivity index is 0.000000133. The molecule has 3 aliphatic rings. The lowest BCUT2D eigenvalue weighted by atomic mass is 9.70. The zero-order chi connectivity index (χ0) is 53.1. The fourth-order valence-electron chi connectivity index (χ4n) is 13.7. The second kappa shape index (κ2) is 17.7. The highest BCUT2D eigenvalue weighted by atomic mass is 15.2. The largest absolute Gasteiger partial charge is 0.292 e. The molecule has 3 aromatic heterocycles. The van der Waals surface area contributed by atoms with Crippen molar-refractivity contribution in [2.24, 2.45) is 0 Å². The van der Waals surface area contributed by atoms with E-state index in [0.29, 0.717) is 5.95 Å². The topological polar surface area (TPSA) is 48.5 Å². The molecule has 0 N–H and O–H groups in total. The van der Waals surface area contributed by atoms with E-state index in [1.165, 1.54) is 77.5 Å². The van der Waals surface area contributed by atoms with Gasteiger partial charge in [-0.3, -0.25) is 9.13 Å². The van der Waals surface area contributed by atoms with Crippen LogP contribution in [0.1, 0.15) is 47.2 Å². The zero-order valence-corrected chi connectivity index (χ0v) is 44.2. The number of para-hydroxylation sites is 3. The summed E-state index contributed by atoms with van der Waals surface area (Å²) in [7, 11) is 0. The van der Waals surface area contributed by atoms with Gasteiger partial charge in [-0.05, 0) is 115 Å². The van der Waals surface area contributed by atoms with Crippen LogP contribution in [-0.2, 0) is 10.8 Å². The second-order valence-corrected chi connectivity index (χ2v) is 21.9. The van der Waals surface area contributed by atoms with Crippen molar-refractivity contribution in [2.45, 2.75) is 24.7 Å². The predicted molar refractivity (Wildman–Crippen MR) is 328 cm³/mol. The molecule has 0 amide bonds. The maximum absolute atomic E-state index is 5.19. The summed E-state index contributed by atoms with van der Waals surface area (Å²) in [6.45, 7) is 4.66.